The fourth-order valence-electron chi connectivity index (χ4n) is 3.07. The van der Waals surface area contributed by atoms with Gasteiger partial charge >= 0.3 is 5.97 Å². The normalized spacial score (nSPS) is 11.0. The van der Waals surface area contributed by atoms with Crippen LogP contribution in [0.15, 0.2) is 82.6 Å². The molecule has 3 aromatic rings. The van der Waals surface area contributed by atoms with E-state index in [4.69, 9.17) is 4.74 Å². The number of methoxy groups -OCH3 is 1. The van der Waals surface area contributed by atoms with Crippen LogP contribution in [0.1, 0.15) is 15.9 Å². The summed E-state index contributed by atoms with van der Waals surface area (Å²) in [6, 6.07) is 19.6. The van der Waals surface area contributed by atoms with Crippen LogP contribution in [0.4, 0.5) is 11.4 Å². The minimum atomic E-state index is -4.02. The highest BCUT2D eigenvalue weighted by Crippen LogP contribution is 2.26. The summed E-state index contributed by atoms with van der Waals surface area (Å²) < 4.78 is 32.7. The van der Waals surface area contributed by atoms with E-state index in [2.05, 4.69) is 5.32 Å². The maximum atomic E-state index is 13.5. The molecule has 0 aliphatic rings. The number of nitrogens with zero attached hydrogens (tertiary/aromatic N) is 1. The summed E-state index contributed by atoms with van der Waals surface area (Å²) in [6.45, 7) is 1.45. The van der Waals surface area contributed by atoms with Crippen LogP contribution in [0.3, 0.4) is 0 Å². The van der Waals surface area contributed by atoms with Crippen molar-refractivity contribution in [3.8, 4) is 0 Å². The van der Waals surface area contributed by atoms with E-state index in [1.54, 1.807) is 54.6 Å². The second-order valence-corrected chi connectivity index (χ2v) is 9.89. The van der Waals surface area contributed by atoms with E-state index in [1.807, 2.05) is 13.2 Å². The number of amides is 1. The van der Waals surface area contributed by atoms with Gasteiger partial charge in [-0.1, -0.05) is 23.8 Å². The number of carbonyl (C=O) groups is 2. The molecule has 0 radical (unpaired) electrons. The number of esters is 1. The predicted octanol–water partition coefficient (Wildman–Crippen LogP) is 4.34. The van der Waals surface area contributed by atoms with Crippen LogP contribution in [-0.4, -0.2) is 40.2 Å². The number of sulfonamides is 1. The molecule has 1 N–H and O–H groups in total. The van der Waals surface area contributed by atoms with E-state index < -0.39 is 28.4 Å². The maximum absolute atomic E-state index is 13.5. The summed E-state index contributed by atoms with van der Waals surface area (Å²) in [5, 5.41) is 2.66. The minimum Gasteiger partial charge on any atom is -0.465 e. The van der Waals surface area contributed by atoms with E-state index in [1.165, 1.54) is 37.1 Å². The molecule has 0 spiro atoms. The van der Waals surface area contributed by atoms with Gasteiger partial charge in [0.2, 0.25) is 5.91 Å². The van der Waals surface area contributed by atoms with Crippen molar-refractivity contribution < 1.29 is 22.7 Å². The summed E-state index contributed by atoms with van der Waals surface area (Å²) in [5.74, 6) is -1.09. The minimum absolute atomic E-state index is 0.0846. The molecule has 0 aliphatic heterocycles. The average molecular weight is 485 g/mol. The summed E-state index contributed by atoms with van der Waals surface area (Å²) in [4.78, 5) is 25.6. The van der Waals surface area contributed by atoms with Gasteiger partial charge in [-0.15, -0.1) is 11.8 Å². The van der Waals surface area contributed by atoms with Crippen molar-refractivity contribution in [3.63, 3.8) is 0 Å². The van der Waals surface area contributed by atoms with Gasteiger partial charge in [0, 0.05) is 10.6 Å². The molecule has 33 heavy (non-hydrogen) atoms. The van der Waals surface area contributed by atoms with Gasteiger partial charge in [-0.3, -0.25) is 9.10 Å². The van der Waals surface area contributed by atoms with Crippen molar-refractivity contribution in [2.75, 3.05) is 29.5 Å². The first kappa shape index (κ1) is 24.3. The van der Waals surface area contributed by atoms with E-state index in [0.29, 0.717) is 11.4 Å². The fourth-order valence-corrected chi connectivity index (χ4v) is 4.90. The molecule has 0 aromatic heterocycles. The topological polar surface area (TPSA) is 92.8 Å². The lowest BCUT2D eigenvalue weighted by atomic mass is 10.2. The standard InChI is InChI=1S/C24H24N2O5S2/c1-17-7-9-20(10-8-17)26(33(29,30)22-13-11-21(32-3)12-14-22)16-23(27)25-19-6-4-5-18(15-19)24(28)31-2/h4-15H,16H2,1-3H3,(H,25,27). The van der Waals surface area contributed by atoms with Crippen molar-refractivity contribution in [2.45, 2.75) is 16.7 Å². The number of aryl methyl sites for hydroxylation is 1. The van der Waals surface area contributed by atoms with E-state index in [0.717, 1.165) is 14.8 Å². The van der Waals surface area contributed by atoms with Gasteiger partial charge in [-0.2, -0.15) is 0 Å². The SMILES string of the molecule is COC(=O)c1cccc(NC(=O)CN(c2ccc(C)cc2)S(=O)(=O)c2ccc(SC)cc2)c1. The van der Waals surface area contributed by atoms with Gasteiger partial charge in [0.25, 0.3) is 10.0 Å². The first-order valence-corrected chi connectivity index (χ1v) is 12.6. The molecular weight excluding hydrogens is 460 g/mol. The smallest absolute Gasteiger partial charge is 0.337 e. The van der Waals surface area contributed by atoms with E-state index in [-0.39, 0.29) is 10.5 Å². The van der Waals surface area contributed by atoms with Crippen LogP contribution in [0.2, 0.25) is 0 Å². The summed E-state index contributed by atoms with van der Waals surface area (Å²) >= 11 is 1.51. The van der Waals surface area contributed by atoms with Crippen LogP contribution in [-0.2, 0) is 19.6 Å². The Morgan fingerprint density at radius 2 is 1.67 bits per heavy atom. The first-order chi connectivity index (χ1) is 15.7. The number of hydrogen-bond acceptors (Lipinski definition) is 6. The third kappa shape index (κ3) is 5.94. The Morgan fingerprint density at radius 1 is 1.00 bits per heavy atom. The summed E-state index contributed by atoms with van der Waals surface area (Å²) in [5.41, 5.74) is 1.96. The van der Waals surface area contributed by atoms with Gasteiger partial charge in [-0.25, -0.2) is 13.2 Å². The zero-order valence-electron chi connectivity index (χ0n) is 18.4. The molecule has 0 unspecified atom stereocenters. The maximum Gasteiger partial charge on any atom is 0.337 e. The highest BCUT2D eigenvalue weighted by atomic mass is 32.2. The van der Waals surface area contributed by atoms with Crippen molar-refractivity contribution in [3.05, 3.63) is 83.9 Å². The fraction of sp³-hybridized carbons (Fsp3) is 0.167. The molecular formula is C24H24N2O5S2. The lowest BCUT2D eigenvalue weighted by molar-refractivity contribution is -0.114. The number of carbonyl (C=O) groups excluding carboxylic acids is 2. The molecule has 0 fully saturated rings. The van der Waals surface area contributed by atoms with Gasteiger partial charge < -0.3 is 10.1 Å². The number of rotatable bonds is 8. The number of thioether (sulfide) groups is 1. The predicted molar refractivity (Wildman–Crippen MR) is 130 cm³/mol. The number of benzene rings is 3. The van der Waals surface area contributed by atoms with E-state index >= 15 is 0 Å². The molecule has 1 amide bonds. The monoisotopic (exact) mass is 484 g/mol. The molecule has 172 valence electrons. The Hall–Kier alpha value is -3.30. The van der Waals surface area contributed by atoms with Crippen LogP contribution < -0.4 is 9.62 Å². The zero-order chi connectivity index (χ0) is 24.0. The molecule has 0 saturated heterocycles. The second-order valence-electron chi connectivity index (χ2n) is 7.14. The average Bonchev–Trinajstić information content (AvgIpc) is 2.82. The van der Waals surface area contributed by atoms with Crippen LogP contribution in [0, 0.1) is 6.92 Å². The van der Waals surface area contributed by atoms with Crippen LogP contribution >= 0.6 is 11.8 Å². The quantitative estimate of drug-likeness (QED) is 0.378. The molecule has 0 saturated carbocycles. The number of anilines is 2. The molecule has 0 heterocycles. The van der Waals surface area contributed by atoms with Gasteiger partial charge in [0.05, 0.1) is 23.3 Å². The lowest BCUT2D eigenvalue weighted by Gasteiger charge is -2.24. The van der Waals surface area contributed by atoms with Crippen molar-refractivity contribution in [1.82, 2.24) is 0 Å². The van der Waals surface area contributed by atoms with Gasteiger partial charge in [0.15, 0.2) is 0 Å². The molecule has 7 nitrogen and oxygen atoms in total. The Kier molecular flexibility index (Phi) is 7.78. The Labute approximate surface area is 197 Å². The Bertz CT molecular complexity index is 1240. The van der Waals surface area contributed by atoms with Crippen LogP contribution in [0.5, 0.6) is 0 Å². The molecule has 0 aliphatic carbocycles. The summed E-state index contributed by atoms with van der Waals surface area (Å²) in [7, 11) is -2.75. The van der Waals surface area contributed by atoms with Crippen LogP contribution in [0.25, 0.3) is 0 Å². The third-order valence-electron chi connectivity index (χ3n) is 4.82. The number of ether oxygens (including phenoxy) is 1. The third-order valence-corrected chi connectivity index (χ3v) is 7.36. The highest BCUT2D eigenvalue weighted by molar-refractivity contribution is 7.98. The molecule has 0 bridgehead atoms. The van der Waals surface area contributed by atoms with Gasteiger partial charge in [0.1, 0.15) is 6.54 Å². The number of hydrogen-bond donors (Lipinski definition) is 1. The zero-order valence-corrected chi connectivity index (χ0v) is 20.1. The highest BCUT2D eigenvalue weighted by Gasteiger charge is 2.27. The molecule has 9 heteroatoms. The van der Waals surface area contributed by atoms with E-state index in [9.17, 15) is 18.0 Å². The molecule has 0 atom stereocenters. The number of nitrogens with one attached hydrogen (secondary N) is 1. The summed E-state index contributed by atoms with van der Waals surface area (Å²) in [6.07, 6.45) is 1.90. The van der Waals surface area contributed by atoms with Gasteiger partial charge in [-0.05, 0) is 67.8 Å². The van der Waals surface area contributed by atoms with Crippen molar-refractivity contribution in [2.24, 2.45) is 0 Å². The lowest BCUT2D eigenvalue weighted by Crippen LogP contribution is -2.38. The van der Waals surface area contributed by atoms with Crippen molar-refractivity contribution in [1.29, 1.82) is 0 Å². The first-order valence-electron chi connectivity index (χ1n) is 9.96. The van der Waals surface area contributed by atoms with Crippen molar-refractivity contribution >= 4 is 45.0 Å². The molecule has 3 aromatic carbocycles. The Morgan fingerprint density at radius 3 is 2.27 bits per heavy atom. The molecule has 3 rings (SSSR count). The Balaban J connectivity index is 1.91. The largest absolute Gasteiger partial charge is 0.465 e. The second kappa shape index (κ2) is 10.5.